The molecule has 0 aliphatic carbocycles. The van der Waals surface area contributed by atoms with Gasteiger partial charge in [-0.25, -0.2) is 4.79 Å². The van der Waals surface area contributed by atoms with Gasteiger partial charge in [-0.2, -0.15) is 25.3 Å². The fourth-order valence-corrected chi connectivity index (χ4v) is 4.83. The van der Waals surface area contributed by atoms with Crippen LogP contribution in [0.1, 0.15) is 42.5 Å². The molecule has 0 aliphatic rings. The molecule has 10 nitrogen and oxygen atoms in total. The number of carboxylic acids is 1. The van der Waals surface area contributed by atoms with Crippen molar-refractivity contribution in [1.29, 1.82) is 0 Å². The summed E-state index contributed by atoms with van der Waals surface area (Å²) in [5, 5.41) is 27.3. The van der Waals surface area contributed by atoms with Gasteiger partial charge in [-0.3, -0.25) is 14.4 Å². The van der Waals surface area contributed by atoms with Gasteiger partial charge in [-0.15, -0.1) is 0 Å². The Morgan fingerprint density at radius 1 is 0.902 bits per heavy atom. The number of aryl methyl sites for hydroxylation is 2. The minimum Gasteiger partial charge on any atom is -0.508 e. The van der Waals surface area contributed by atoms with E-state index >= 15 is 0 Å². The van der Waals surface area contributed by atoms with E-state index in [9.17, 15) is 29.4 Å². The van der Waals surface area contributed by atoms with E-state index < -0.39 is 52.6 Å². The zero-order valence-electron chi connectivity index (χ0n) is 23.7. The normalized spacial score (nSPS) is 14.3. The zero-order chi connectivity index (χ0) is 30.9. The Morgan fingerprint density at radius 3 is 1.95 bits per heavy atom. The van der Waals surface area contributed by atoms with Crippen LogP contribution in [0.4, 0.5) is 0 Å². The molecular formula is C29H40N4O6S2. The highest BCUT2D eigenvalue weighted by atomic mass is 32.1. The lowest BCUT2D eigenvalue weighted by Gasteiger charge is -2.29. The van der Waals surface area contributed by atoms with E-state index in [1.165, 1.54) is 0 Å². The van der Waals surface area contributed by atoms with Gasteiger partial charge in [0, 0.05) is 11.2 Å². The predicted octanol–water partition coefficient (Wildman–Crippen LogP) is 1.69. The van der Waals surface area contributed by atoms with E-state index in [0.717, 1.165) is 22.3 Å². The lowest BCUT2D eigenvalue weighted by Crippen LogP contribution is -2.60. The quantitative estimate of drug-likeness (QED) is 0.152. The topological polar surface area (TPSA) is 171 Å². The lowest BCUT2D eigenvalue weighted by molar-refractivity contribution is -0.143. The molecule has 7 N–H and O–H groups in total. The average molecular weight is 605 g/mol. The molecule has 2 rings (SSSR count). The second kappa shape index (κ2) is 15.1. The number of thiol groups is 2. The van der Waals surface area contributed by atoms with Gasteiger partial charge < -0.3 is 31.9 Å². The molecule has 0 heterocycles. The molecule has 0 aromatic heterocycles. The SMILES string of the molecule is Cc1cc(O)cc(C)c1C[C@H](N)C(=O)N[C@@H](CCS)C(=O)N[C@@H](Cc1ccccc1)C(=O)N[C@@H](C(=O)O)C(C)(C)S. The third-order valence-electron chi connectivity index (χ3n) is 6.65. The van der Waals surface area contributed by atoms with Gasteiger partial charge in [0.05, 0.1) is 6.04 Å². The summed E-state index contributed by atoms with van der Waals surface area (Å²) < 4.78 is -1.09. The number of carbonyl (C=O) groups is 4. The smallest absolute Gasteiger partial charge is 0.327 e. The number of hydrogen-bond acceptors (Lipinski definition) is 8. The van der Waals surface area contributed by atoms with Crippen molar-refractivity contribution in [3.63, 3.8) is 0 Å². The van der Waals surface area contributed by atoms with Crippen LogP contribution in [0.15, 0.2) is 42.5 Å². The second-order valence-corrected chi connectivity index (χ2v) is 12.2. The number of amides is 3. The first-order chi connectivity index (χ1) is 19.1. The molecular weight excluding hydrogens is 564 g/mol. The summed E-state index contributed by atoms with van der Waals surface area (Å²) in [6.45, 7) is 6.74. The Bertz CT molecular complexity index is 1210. The maximum atomic E-state index is 13.4. The van der Waals surface area contributed by atoms with Crippen LogP contribution in [0.3, 0.4) is 0 Å². The summed E-state index contributed by atoms with van der Waals surface area (Å²) in [6, 6.07) is 7.62. The van der Waals surface area contributed by atoms with Gasteiger partial charge in [-0.05, 0) is 80.7 Å². The highest BCUT2D eigenvalue weighted by Gasteiger charge is 2.36. The molecule has 41 heavy (non-hydrogen) atoms. The van der Waals surface area contributed by atoms with Crippen molar-refractivity contribution in [2.75, 3.05) is 5.75 Å². The summed E-state index contributed by atoms with van der Waals surface area (Å²) >= 11 is 8.53. The highest BCUT2D eigenvalue weighted by molar-refractivity contribution is 7.81. The van der Waals surface area contributed by atoms with E-state index in [0.29, 0.717) is 0 Å². The molecule has 0 saturated heterocycles. The Morgan fingerprint density at radius 2 is 1.44 bits per heavy atom. The van der Waals surface area contributed by atoms with Crippen LogP contribution in [0.2, 0.25) is 0 Å². The third-order valence-corrected chi connectivity index (χ3v) is 7.16. The zero-order valence-corrected chi connectivity index (χ0v) is 25.5. The van der Waals surface area contributed by atoms with Gasteiger partial charge >= 0.3 is 5.97 Å². The third kappa shape index (κ3) is 10.3. The van der Waals surface area contributed by atoms with Crippen LogP contribution < -0.4 is 21.7 Å². The van der Waals surface area contributed by atoms with Crippen molar-refractivity contribution in [2.24, 2.45) is 5.73 Å². The first kappa shape index (κ1) is 34.0. The molecule has 0 bridgehead atoms. The van der Waals surface area contributed by atoms with Crippen molar-refractivity contribution in [3.05, 3.63) is 64.7 Å². The van der Waals surface area contributed by atoms with Crippen LogP contribution in [0.25, 0.3) is 0 Å². The Labute approximate surface area is 251 Å². The standard InChI is InChI=1S/C29H40N4O6S2/c1-16-12-19(34)13-17(2)20(16)15-21(30)25(35)31-22(10-11-40)26(36)32-23(14-18-8-6-5-7-9-18)27(37)33-24(28(38)39)29(3,4)41/h5-9,12-13,21-24,34,40-41H,10-11,14-15,30H2,1-4H3,(H,31,35)(H,32,36)(H,33,37)(H,38,39)/t21-,22-,23-,24-/m0/s1. The molecule has 0 spiro atoms. The number of hydrogen-bond donors (Lipinski definition) is 8. The van der Waals surface area contributed by atoms with Crippen molar-refractivity contribution >= 4 is 48.9 Å². The first-order valence-corrected chi connectivity index (χ1v) is 14.3. The highest BCUT2D eigenvalue weighted by Crippen LogP contribution is 2.22. The number of carbonyl (C=O) groups excluding carboxylic acids is 3. The number of aromatic hydroxyl groups is 1. The number of carboxylic acid groups (broad SMARTS) is 1. The van der Waals surface area contributed by atoms with E-state index in [1.807, 2.05) is 19.9 Å². The maximum absolute atomic E-state index is 13.4. The minimum atomic E-state index is -1.33. The summed E-state index contributed by atoms with van der Waals surface area (Å²) in [5.41, 5.74) is 9.32. The molecule has 3 amide bonds. The number of phenolic OH excluding ortho intramolecular Hbond substituents is 1. The second-order valence-electron chi connectivity index (χ2n) is 10.6. The van der Waals surface area contributed by atoms with Crippen molar-refractivity contribution in [3.8, 4) is 5.75 Å². The molecule has 0 aliphatic heterocycles. The summed E-state index contributed by atoms with van der Waals surface area (Å²) in [6.07, 6.45) is 0.429. The molecule has 4 atom stereocenters. The Hall–Kier alpha value is -3.22. The van der Waals surface area contributed by atoms with Crippen molar-refractivity contribution in [1.82, 2.24) is 16.0 Å². The summed E-state index contributed by atoms with van der Waals surface area (Å²) in [4.78, 5) is 51.5. The van der Waals surface area contributed by atoms with E-state index in [1.54, 1.807) is 50.2 Å². The predicted molar refractivity (Wildman–Crippen MR) is 164 cm³/mol. The van der Waals surface area contributed by atoms with E-state index in [-0.39, 0.29) is 30.8 Å². The number of nitrogens with two attached hydrogens (primary N) is 1. The van der Waals surface area contributed by atoms with Crippen LogP contribution in [0, 0.1) is 13.8 Å². The molecule has 0 fully saturated rings. The fraction of sp³-hybridized carbons (Fsp3) is 0.448. The van der Waals surface area contributed by atoms with Crippen LogP contribution >= 0.6 is 25.3 Å². The van der Waals surface area contributed by atoms with Gasteiger partial charge in [-0.1, -0.05) is 30.3 Å². The monoisotopic (exact) mass is 604 g/mol. The van der Waals surface area contributed by atoms with Gasteiger partial charge in [0.1, 0.15) is 23.9 Å². The van der Waals surface area contributed by atoms with E-state index in [2.05, 4.69) is 41.2 Å². The average Bonchev–Trinajstić information content (AvgIpc) is 2.87. The summed E-state index contributed by atoms with van der Waals surface area (Å²) in [7, 11) is 0. The number of nitrogens with one attached hydrogen (secondary N) is 3. The van der Waals surface area contributed by atoms with E-state index in [4.69, 9.17) is 5.73 Å². The minimum absolute atomic E-state index is 0.0816. The van der Waals surface area contributed by atoms with Gasteiger partial charge in [0.2, 0.25) is 17.7 Å². The van der Waals surface area contributed by atoms with Gasteiger partial charge in [0.25, 0.3) is 0 Å². The number of benzene rings is 2. The molecule has 2 aromatic rings. The molecule has 12 heteroatoms. The first-order valence-electron chi connectivity index (χ1n) is 13.2. The number of rotatable bonds is 14. The molecule has 0 radical (unpaired) electrons. The van der Waals surface area contributed by atoms with Crippen molar-refractivity contribution in [2.45, 2.75) is 75.9 Å². The fourth-order valence-electron chi connectivity index (χ4n) is 4.40. The largest absolute Gasteiger partial charge is 0.508 e. The molecule has 2 aromatic carbocycles. The van der Waals surface area contributed by atoms with Crippen LogP contribution in [0.5, 0.6) is 5.75 Å². The molecule has 0 unspecified atom stereocenters. The maximum Gasteiger partial charge on any atom is 0.327 e. The lowest BCUT2D eigenvalue weighted by atomic mass is 9.95. The number of phenols is 1. The summed E-state index contributed by atoms with van der Waals surface area (Å²) in [5.74, 6) is -2.79. The Kier molecular flexibility index (Phi) is 12.5. The van der Waals surface area contributed by atoms with Gasteiger partial charge in [0.15, 0.2) is 0 Å². The van der Waals surface area contributed by atoms with Crippen molar-refractivity contribution < 1.29 is 29.4 Å². The molecule has 224 valence electrons. The Balaban J connectivity index is 2.22. The number of aliphatic carboxylic acids is 1. The van der Waals surface area contributed by atoms with Crippen LogP contribution in [-0.4, -0.2) is 68.6 Å². The van der Waals surface area contributed by atoms with Crippen LogP contribution in [-0.2, 0) is 32.0 Å². The molecule has 0 saturated carbocycles.